The molecule has 1 aliphatic carbocycles. The second-order valence-corrected chi connectivity index (χ2v) is 7.01. The van der Waals surface area contributed by atoms with Crippen LogP contribution in [0.5, 0.6) is 0 Å². The minimum atomic E-state index is -0.0607. The fourth-order valence-corrected chi connectivity index (χ4v) is 4.15. The zero-order valence-electron chi connectivity index (χ0n) is 11.9. The molecule has 0 spiro atoms. The summed E-state index contributed by atoms with van der Waals surface area (Å²) in [6.45, 7) is 8.50. The zero-order chi connectivity index (χ0) is 13.0. The van der Waals surface area contributed by atoms with Crippen molar-refractivity contribution in [1.82, 2.24) is 4.90 Å². The Hall–Kier alpha value is -0.730. The lowest BCUT2D eigenvalue weighted by Crippen LogP contribution is -2.50. The summed E-state index contributed by atoms with van der Waals surface area (Å²) in [7, 11) is 0. The van der Waals surface area contributed by atoms with Crippen LogP contribution in [0.2, 0.25) is 0 Å². The largest absolute Gasteiger partial charge is 0.447 e. The van der Waals surface area contributed by atoms with E-state index in [2.05, 4.69) is 18.7 Å². The monoisotopic (exact) mass is 251 g/mol. The highest BCUT2D eigenvalue weighted by atomic mass is 16.6. The number of nitrogens with zero attached hydrogens (tertiary/aromatic N) is 1. The van der Waals surface area contributed by atoms with Crippen LogP contribution in [0, 0.1) is 23.7 Å². The van der Waals surface area contributed by atoms with Crippen molar-refractivity contribution >= 4 is 6.09 Å². The third-order valence-electron chi connectivity index (χ3n) is 5.17. The molecule has 0 N–H and O–H groups in total. The van der Waals surface area contributed by atoms with E-state index in [9.17, 15) is 4.79 Å². The predicted octanol–water partition coefficient (Wildman–Crippen LogP) is 3.29. The summed E-state index contributed by atoms with van der Waals surface area (Å²) in [6, 6.07) is 0.958. The Balaban J connectivity index is 1.73. The number of ether oxygens (including phenoxy) is 1. The van der Waals surface area contributed by atoms with E-state index in [1.165, 1.54) is 19.3 Å². The molecular formula is C15H25NO2. The Labute approximate surface area is 110 Å². The highest BCUT2D eigenvalue weighted by molar-refractivity contribution is 5.70. The molecule has 3 nitrogen and oxygen atoms in total. The van der Waals surface area contributed by atoms with Gasteiger partial charge >= 0.3 is 6.09 Å². The Bertz CT molecular complexity index is 334. The van der Waals surface area contributed by atoms with Crippen molar-refractivity contribution in [1.29, 1.82) is 0 Å². The lowest BCUT2D eigenvalue weighted by Gasteiger charge is -2.42. The van der Waals surface area contributed by atoms with Crippen LogP contribution in [-0.4, -0.2) is 29.2 Å². The van der Waals surface area contributed by atoms with Gasteiger partial charge in [0.15, 0.2) is 0 Å². The Morgan fingerprint density at radius 2 is 1.61 bits per heavy atom. The maximum absolute atomic E-state index is 12.2. The van der Waals surface area contributed by atoms with Crippen molar-refractivity contribution in [2.24, 2.45) is 23.7 Å². The molecule has 18 heavy (non-hydrogen) atoms. The van der Waals surface area contributed by atoms with Gasteiger partial charge in [-0.2, -0.15) is 0 Å². The molecule has 0 radical (unpaired) electrons. The fraction of sp³-hybridized carbons (Fsp3) is 0.933. The summed E-state index contributed by atoms with van der Waals surface area (Å²) >= 11 is 0. The molecule has 3 aliphatic rings. The second kappa shape index (κ2) is 4.14. The first-order valence-electron chi connectivity index (χ1n) is 7.48. The van der Waals surface area contributed by atoms with E-state index in [1.807, 2.05) is 13.8 Å². The smallest absolute Gasteiger partial charge is 0.410 e. The van der Waals surface area contributed by atoms with E-state index in [1.54, 1.807) is 0 Å². The van der Waals surface area contributed by atoms with Crippen molar-refractivity contribution in [2.45, 2.75) is 65.1 Å². The normalized spacial score (nSPS) is 41.2. The summed E-state index contributed by atoms with van der Waals surface area (Å²) in [6.07, 6.45) is 3.68. The molecule has 4 atom stereocenters. The highest BCUT2D eigenvalue weighted by Gasteiger charge is 2.63. The topological polar surface area (TPSA) is 29.5 Å². The van der Waals surface area contributed by atoms with E-state index in [0.29, 0.717) is 12.1 Å². The van der Waals surface area contributed by atoms with Gasteiger partial charge in [-0.05, 0) is 56.8 Å². The number of rotatable bonds is 2. The third kappa shape index (κ3) is 1.83. The van der Waals surface area contributed by atoms with Crippen LogP contribution in [0.25, 0.3) is 0 Å². The van der Waals surface area contributed by atoms with Gasteiger partial charge in [0.05, 0.1) is 6.10 Å². The summed E-state index contributed by atoms with van der Waals surface area (Å²) in [5, 5.41) is 0. The summed E-state index contributed by atoms with van der Waals surface area (Å²) < 4.78 is 5.42. The lowest BCUT2D eigenvalue weighted by atomic mass is 9.81. The molecule has 3 fully saturated rings. The maximum Gasteiger partial charge on any atom is 0.410 e. The molecule has 1 amide bonds. The third-order valence-corrected chi connectivity index (χ3v) is 5.17. The minimum Gasteiger partial charge on any atom is -0.447 e. The van der Waals surface area contributed by atoms with Crippen LogP contribution in [0.1, 0.15) is 47.0 Å². The van der Waals surface area contributed by atoms with Crippen LogP contribution in [0.3, 0.4) is 0 Å². The molecule has 2 aliphatic heterocycles. The standard InChI is InChI=1S/C15H25NO2/c1-8(2)10-5-13-11-7-12(11)14(6-10)16(13)15(17)18-9(3)4/h8-14H,5-7H2,1-4H3/t10?,11?,12?,13-,14-/m1/s1. The molecule has 102 valence electrons. The summed E-state index contributed by atoms with van der Waals surface area (Å²) in [5.74, 6) is 3.13. The lowest BCUT2D eigenvalue weighted by molar-refractivity contribution is 0.0223. The number of amides is 1. The van der Waals surface area contributed by atoms with Crippen molar-refractivity contribution in [3.8, 4) is 0 Å². The molecule has 2 bridgehead atoms. The van der Waals surface area contributed by atoms with Gasteiger partial charge in [-0.15, -0.1) is 0 Å². The van der Waals surface area contributed by atoms with Crippen molar-refractivity contribution in [2.75, 3.05) is 0 Å². The average Bonchev–Trinajstić information content (AvgIpc) is 3.01. The number of carbonyl (C=O) groups excluding carboxylic acids is 1. The van der Waals surface area contributed by atoms with Gasteiger partial charge in [-0.3, -0.25) is 0 Å². The molecule has 0 aromatic carbocycles. The van der Waals surface area contributed by atoms with Crippen LogP contribution < -0.4 is 0 Å². The molecule has 3 rings (SSSR count). The first-order valence-corrected chi connectivity index (χ1v) is 7.48. The molecule has 2 saturated heterocycles. The van der Waals surface area contributed by atoms with Gasteiger partial charge in [0.2, 0.25) is 0 Å². The first-order chi connectivity index (χ1) is 8.49. The van der Waals surface area contributed by atoms with Crippen molar-refractivity contribution in [3.05, 3.63) is 0 Å². The Kier molecular flexibility index (Phi) is 2.83. The molecule has 0 aromatic heterocycles. The van der Waals surface area contributed by atoms with E-state index < -0.39 is 0 Å². The van der Waals surface area contributed by atoms with Crippen LogP contribution in [-0.2, 0) is 4.74 Å². The minimum absolute atomic E-state index is 0.00366. The number of hydrogen-bond donors (Lipinski definition) is 0. The van der Waals surface area contributed by atoms with Crippen molar-refractivity contribution in [3.63, 3.8) is 0 Å². The van der Waals surface area contributed by atoms with Gasteiger partial charge in [-0.25, -0.2) is 4.79 Å². The van der Waals surface area contributed by atoms with Crippen molar-refractivity contribution < 1.29 is 9.53 Å². The van der Waals surface area contributed by atoms with Crippen LogP contribution >= 0.6 is 0 Å². The number of fused-ring (bicyclic) bond motifs is 5. The maximum atomic E-state index is 12.2. The fourth-order valence-electron chi connectivity index (χ4n) is 4.15. The van der Waals surface area contributed by atoms with Gasteiger partial charge < -0.3 is 9.64 Å². The highest BCUT2D eigenvalue weighted by Crippen LogP contribution is 2.60. The first kappa shape index (κ1) is 12.3. The number of hydrogen-bond acceptors (Lipinski definition) is 2. The van der Waals surface area contributed by atoms with Gasteiger partial charge in [0, 0.05) is 12.1 Å². The molecular weight excluding hydrogens is 226 g/mol. The van der Waals surface area contributed by atoms with Gasteiger partial charge in [0.1, 0.15) is 0 Å². The van der Waals surface area contributed by atoms with Gasteiger partial charge in [-0.1, -0.05) is 13.8 Å². The molecule has 1 saturated carbocycles. The predicted molar refractivity (Wildman–Crippen MR) is 70.2 cm³/mol. The van der Waals surface area contributed by atoms with E-state index in [-0.39, 0.29) is 12.2 Å². The average molecular weight is 251 g/mol. The SMILES string of the molecule is CC(C)OC(=O)N1[C@@H]2CC(C(C)C)C[C@@H]1C1CC12. The summed E-state index contributed by atoms with van der Waals surface area (Å²) in [5.41, 5.74) is 0. The number of carbonyl (C=O) groups is 1. The Morgan fingerprint density at radius 3 is 2.06 bits per heavy atom. The number of piperidine rings is 2. The van der Waals surface area contributed by atoms with Crippen LogP contribution in [0.15, 0.2) is 0 Å². The second-order valence-electron chi connectivity index (χ2n) is 7.01. The molecule has 3 heteroatoms. The van der Waals surface area contributed by atoms with E-state index in [0.717, 1.165) is 23.7 Å². The summed E-state index contributed by atoms with van der Waals surface area (Å²) in [4.78, 5) is 14.3. The molecule has 2 unspecified atom stereocenters. The van der Waals surface area contributed by atoms with Gasteiger partial charge in [0.25, 0.3) is 0 Å². The van der Waals surface area contributed by atoms with Crippen LogP contribution in [0.4, 0.5) is 4.79 Å². The molecule has 0 aromatic rings. The Morgan fingerprint density at radius 1 is 1.06 bits per heavy atom. The van der Waals surface area contributed by atoms with E-state index >= 15 is 0 Å². The van der Waals surface area contributed by atoms with E-state index in [4.69, 9.17) is 4.74 Å². The molecule has 2 heterocycles. The zero-order valence-corrected chi connectivity index (χ0v) is 11.9. The quantitative estimate of drug-likeness (QED) is 0.753.